The van der Waals surface area contributed by atoms with E-state index >= 15 is 0 Å². The van der Waals surface area contributed by atoms with E-state index in [-0.39, 0.29) is 0 Å². The average Bonchev–Trinajstić information content (AvgIpc) is 2.28. The third kappa shape index (κ3) is 5.26. The second-order valence-electron chi connectivity index (χ2n) is 5.25. The Bertz CT molecular complexity index is 382. The topological polar surface area (TPSA) is 17.1 Å². The maximum absolute atomic E-state index is 11.6. The minimum absolute atomic E-state index is 0.326. The van der Waals surface area contributed by atoms with Crippen molar-refractivity contribution in [3.05, 3.63) is 35.4 Å². The summed E-state index contributed by atoms with van der Waals surface area (Å²) in [7, 11) is 0. The molecule has 100 valence electrons. The van der Waals surface area contributed by atoms with Crippen LogP contribution in [0, 0.1) is 0 Å². The van der Waals surface area contributed by atoms with E-state index in [2.05, 4.69) is 52.0 Å². The SMILES string of the molecule is CC(C)SC(=O)CCCc1ccccc1C(C)C. The van der Waals surface area contributed by atoms with Crippen molar-refractivity contribution in [3.8, 4) is 0 Å². The van der Waals surface area contributed by atoms with Gasteiger partial charge < -0.3 is 0 Å². The molecule has 0 aromatic heterocycles. The van der Waals surface area contributed by atoms with Gasteiger partial charge in [0.25, 0.3) is 0 Å². The van der Waals surface area contributed by atoms with Gasteiger partial charge in [-0.25, -0.2) is 0 Å². The first-order chi connectivity index (χ1) is 8.50. The zero-order valence-corrected chi connectivity index (χ0v) is 12.7. The number of thioether (sulfide) groups is 1. The van der Waals surface area contributed by atoms with Crippen LogP contribution in [0.25, 0.3) is 0 Å². The molecule has 0 unspecified atom stereocenters. The molecular formula is C16H24OS. The molecule has 0 spiro atoms. The molecule has 1 rings (SSSR count). The minimum atomic E-state index is 0.326. The highest BCUT2D eigenvalue weighted by molar-refractivity contribution is 8.14. The maximum Gasteiger partial charge on any atom is 0.189 e. The highest BCUT2D eigenvalue weighted by Crippen LogP contribution is 2.21. The van der Waals surface area contributed by atoms with Crippen molar-refractivity contribution < 1.29 is 4.79 Å². The Morgan fingerprint density at radius 1 is 1.17 bits per heavy atom. The number of carbonyl (C=O) groups is 1. The normalized spacial score (nSPS) is 11.2. The summed E-state index contributed by atoms with van der Waals surface area (Å²) in [5.41, 5.74) is 2.82. The van der Waals surface area contributed by atoms with Crippen molar-refractivity contribution in [2.75, 3.05) is 0 Å². The van der Waals surface area contributed by atoms with Crippen molar-refractivity contribution in [2.45, 2.75) is 58.1 Å². The van der Waals surface area contributed by atoms with Gasteiger partial charge in [0.1, 0.15) is 0 Å². The summed E-state index contributed by atoms with van der Waals surface area (Å²) in [4.78, 5) is 11.6. The van der Waals surface area contributed by atoms with Crippen LogP contribution >= 0.6 is 11.8 Å². The van der Waals surface area contributed by atoms with Crippen LogP contribution in [-0.2, 0) is 11.2 Å². The Kier molecular flexibility index (Phi) is 6.48. The molecular weight excluding hydrogens is 240 g/mol. The van der Waals surface area contributed by atoms with Crippen molar-refractivity contribution in [1.29, 1.82) is 0 Å². The fourth-order valence-electron chi connectivity index (χ4n) is 2.07. The molecule has 1 aromatic carbocycles. The van der Waals surface area contributed by atoms with Crippen LogP contribution in [0.3, 0.4) is 0 Å². The summed E-state index contributed by atoms with van der Waals surface area (Å²) in [6.45, 7) is 8.57. The Morgan fingerprint density at radius 3 is 2.44 bits per heavy atom. The van der Waals surface area contributed by atoms with Gasteiger partial charge in [0.15, 0.2) is 5.12 Å². The van der Waals surface area contributed by atoms with Gasteiger partial charge >= 0.3 is 0 Å². The van der Waals surface area contributed by atoms with E-state index in [1.165, 1.54) is 22.9 Å². The number of rotatable bonds is 6. The van der Waals surface area contributed by atoms with Gasteiger partial charge in [0, 0.05) is 11.7 Å². The summed E-state index contributed by atoms with van der Waals surface area (Å²) < 4.78 is 0. The van der Waals surface area contributed by atoms with E-state index < -0.39 is 0 Å². The Hall–Kier alpha value is -0.760. The van der Waals surface area contributed by atoms with E-state index in [4.69, 9.17) is 0 Å². The third-order valence-corrected chi connectivity index (χ3v) is 3.81. The summed E-state index contributed by atoms with van der Waals surface area (Å²) in [5, 5.41) is 0.729. The molecule has 0 aliphatic carbocycles. The van der Waals surface area contributed by atoms with Gasteiger partial charge in [-0.1, -0.05) is 63.7 Å². The molecule has 1 nitrogen and oxygen atoms in total. The highest BCUT2D eigenvalue weighted by Gasteiger charge is 2.08. The first-order valence-electron chi connectivity index (χ1n) is 6.78. The molecule has 0 radical (unpaired) electrons. The van der Waals surface area contributed by atoms with Crippen LogP contribution in [0.1, 0.15) is 57.6 Å². The second kappa shape index (κ2) is 7.63. The molecule has 1 aromatic rings. The molecule has 0 aliphatic heterocycles. The van der Waals surface area contributed by atoms with Crippen molar-refractivity contribution in [1.82, 2.24) is 0 Å². The second-order valence-corrected chi connectivity index (χ2v) is 6.88. The number of carbonyl (C=O) groups excluding carboxylic acids is 1. The van der Waals surface area contributed by atoms with Crippen molar-refractivity contribution >= 4 is 16.9 Å². The zero-order chi connectivity index (χ0) is 13.5. The zero-order valence-electron chi connectivity index (χ0n) is 11.9. The van der Waals surface area contributed by atoms with Gasteiger partial charge in [0.2, 0.25) is 0 Å². The van der Waals surface area contributed by atoms with Crippen LogP contribution in [0.15, 0.2) is 24.3 Å². The van der Waals surface area contributed by atoms with Gasteiger partial charge in [-0.15, -0.1) is 0 Å². The van der Waals surface area contributed by atoms with Crippen LogP contribution in [-0.4, -0.2) is 10.4 Å². The van der Waals surface area contributed by atoms with Crippen molar-refractivity contribution in [3.63, 3.8) is 0 Å². The van der Waals surface area contributed by atoms with E-state index in [0.717, 1.165) is 12.8 Å². The molecule has 0 saturated heterocycles. The van der Waals surface area contributed by atoms with Gasteiger partial charge in [-0.3, -0.25) is 4.79 Å². The summed E-state index contributed by atoms with van der Waals surface area (Å²) >= 11 is 1.46. The lowest BCUT2D eigenvalue weighted by molar-refractivity contribution is -0.111. The molecule has 0 heterocycles. The first kappa shape index (κ1) is 15.3. The fraction of sp³-hybridized carbons (Fsp3) is 0.562. The Balaban J connectivity index is 2.46. The van der Waals surface area contributed by atoms with Crippen LogP contribution in [0.4, 0.5) is 0 Å². The largest absolute Gasteiger partial charge is 0.287 e. The van der Waals surface area contributed by atoms with Gasteiger partial charge in [0.05, 0.1) is 0 Å². The maximum atomic E-state index is 11.6. The van der Waals surface area contributed by atoms with Gasteiger partial charge in [-0.05, 0) is 29.9 Å². The molecule has 0 bridgehead atoms. The summed E-state index contributed by atoms with van der Waals surface area (Å²) in [6, 6.07) is 8.57. The lowest BCUT2D eigenvalue weighted by Crippen LogP contribution is -2.01. The van der Waals surface area contributed by atoms with Crippen LogP contribution < -0.4 is 0 Å². The van der Waals surface area contributed by atoms with Crippen LogP contribution in [0.5, 0.6) is 0 Å². The quantitative estimate of drug-likeness (QED) is 0.734. The Labute approximate surface area is 115 Å². The molecule has 0 atom stereocenters. The monoisotopic (exact) mass is 264 g/mol. The molecule has 0 N–H and O–H groups in total. The fourth-order valence-corrected chi connectivity index (χ4v) is 2.86. The molecule has 0 fully saturated rings. The van der Waals surface area contributed by atoms with E-state index in [0.29, 0.717) is 22.7 Å². The summed E-state index contributed by atoms with van der Waals surface area (Å²) in [5.74, 6) is 0.557. The molecule has 2 heteroatoms. The van der Waals surface area contributed by atoms with Gasteiger partial charge in [-0.2, -0.15) is 0 Å². The number of hydrogen-bond acceptors (Lipinski definition) is 2. The number of hydrogen-bond donors (Lipinski definition) is 0. The third-order valence-electron chi connectivity index (χ3n) is 2.87. The van der Waals surface area contributed by atoms with Crippen molar-refractivity contribution in [2.24, 2.45) is 0 Å². The van der Waals surface area contributed by atoms with Crippen LogP contribution in [0.2, 0.25) is 0 Å². The molecule has 18 heavy (non-hydrogen) atoms. The average molecular weight is 264 g/mol. The standard InChI is InChI=1S/C16H24OS/c1-12(2)15-10-6-5-8-14(15)9-7-11-16(17)18-13(3)4/h5-6,8,10,12-13H,7,9,11H2,1-4H3. The summed E-state index contributed by atoms with van der Waals surface area (Å²) in [6.07, 6.45) is 2.66. The number of benzene rings is 1. The van der Waals surface area contributed by atoms with E-state index in [1.807, 2.05) is 0 Å². The Morgan fingerprint density at radius 2 is 1.83 bits per heavy atom. The lowest BCUT2D eigenvalue weighted by Gasteiger charge is -2.12. The smallest absolute Gasteiger partial charge is 0.189 e. The first-order valence-corrected chi connectivity index (χ1v) is 7.66. The molecule has 0 saturated carbocycles. The van der Waals surface area contributed by atoms with E-state index in [9.17, 15) is 4.79 Å². The lowest BCUT2D eigenvalue weighted by atomic mass is 9.94. The molecule has 0 amide bonds. The predicted octanol–water partition coefficient (Wildman–Crippen LogP) is 4.80. The minimum Gasteiger partial charge on any atom is -0.287 e. The predicted molar refractivity (Wildman–Crippen MR) is 81.2 cm³/mol. The molecule has 0 aliphatic rings. The number of aryl methyl sites for hydroxylation is 1. The highest BCUT2D eigenvalue weighted by atomic mass is 32.2. The van der Waals surface area contributed by atoms with E-state index in [1.54, 1.807) is 0 Å².